The highest BCUT2D eigenvalue weighted by molar-refractivity contribution is 7.99. The molecule has 1 N–H and O–H groups in total. The van der Waals surface area contributed by atoms with E-state index in [1.807, 2.05) is 36.1 Å². The summed E-state index contributed by atoms with van der Waals surface area (Å²) in [7, 11) is 1.91. The maximum Gasteiger partial charge on any atom is 0.416 e. The van der Waals surface area contributed by atoms with E-state index in [1.165, 1.54) is 11.0 Å². The summed E-state index contributed by atoms with van der Waals surface area (Å²) < 4.78 is 44.2. The van der Waals surface area contributed by atoms with Crippen LogP contribution >= 0.6 is 11.8 Å². The molecule has 0 unspecified atom stereocenters. The molecule has 1 amide bonds. The molecule has 0 spiro atoms. The fourth-order valence-corrected chi connectivity index (χ4v) is 5.95. The number of benzene rings is 2. The van der Waals surface area contributed by atoms with E-state index in [0.29, 0.717) is 17.8 Å². The fraction of sp³-hybridized carbons (Fsp3) is 0.464. The molecule has 3 aromatic rings. The van der Waals surface area contributed by atoms with Crippen LogP contribution in [0.2, 0.25) is 0 Å². The van der Waals surface area contributed by atoms with E-state index < -0.39 is 11.7 Å². The molecule has 6 nitrogen and oxygen atoms in total. The third kappa shape index (κ3) is 5.47. The van der Waals surface area contributed by atoms with Gasteiger partial charge in [0.05, 0.1) is 12.1 Å². The van der Waals surface area contributed by atoms with Gasteiger partial charge in [-0.25, -0.2) is 0 Å². The van der Waals surface area contributed by atoms with Crippen LogP contribution in [0.1, 0.15) is 64.6 Å². The van der Waals surface area contributed by atoms with Crippen LogP contribution < -0.4 is 10.2 Å². The Balaban J connectivity index is 1.38. The molecule has 5 rings (SSSR count). The third-order valence-electron chi connectivity index (χ3n) is 7.82. The van der Waals surface area contributed by atoms with Gasteiger partial charge in [-0.1, -0.05) is 12.1 Å². The van der Waals surface area contributed by atoms with Gasteiger partial charge >= 0.3 is 6.18 Å². The van der Waals surface area contributed by atoms with Crippen LogP contribution in [0.4, 0.5) is 18.9 Å². The van der Waals surface area contributed by atoms with Crippen LogP contribution in [0.5, 0.6) is 0 Å². The molecule has 0 bridgehead atoms. The first-order valence-corrected chi connectivity index (χ1v) is 14.1. The molecule has 1 aromatic heterocycles. The van der Waals surface area contributed by atoms with E-state index in [9.17, 15) is 18.0 Å². The van der Waals surface area contributed by atoms with Gasteiger partial charge in [0.25, 0.3) is 5.91 Å². The van der Waals surface area contributed by atoms with Crippen LogP contribution in [0.3, 0.4) is 0 Å². The second kappa shape index (κ2) is 10.4. The number of hydrogen-bond donors (Lipinski definition) is 1. The zero-order chi connectivity index (χ0) is 27.1. The van der Waals surface area contributed by atoms with Gasteiger partial charge in [-0.3, -0.25) is 4.79 Å². The third-order valence-corrected chi connectivity index (χ3v) is 8.82. The van der Waals surface area contributed by atoms with Gasteiger partial charge in [0.1, 0.15) is 12.2 Å². The molecule has 2 aromatic carbocycles. The largest absolute Gasteiger partial charge is 0.416 e. The van der Waals surface area contributed by atoms with Crippen molar-refractivity contribution in [1.29, 1.82) is 0 Å². The van der Waals surface area contributed by atoms with Gasteiger partial charge < -0.3 is 14.8 Å². The van der Waals surface area contributed by atoms with E-state index in [-0.39, 0.29) is 34.4 Å². The Labute approximate surface area is 225 Å². The highest BCUT2D eigenvalue weighted by atomic mass is 32.2. The maximum atomic E-state index is 14.1. The molecule has 0 saturated heterocycles. The Hall–Kier alpha value is -2.85. The predicted molar refractivity (Wildman–Crippen MR) is 143 cm³/mol. The molecular weight excluding hydrogens is 511 g/mol. The number of anilines is 1. The van der Waals surface area contributed by atoms with Crippen LogP contribution in [-0.2, 0) is 39.2 Å². The summed E-state index contributed by atoms with van der Waals surface area (Å²) in [4.78, 5) is 14.9. The van der Waals surface area contributed by atoms with Crippen molar-refractivity contribution in [3.05, 3.63) is 76.4 Å². The van der Waals surface area contributed by atoms with Gasteiger partial charge in [-0.2, -0.15) is 24.9 Å². The number of carbonyl (C=O) groups is 1. The minimum atomic E-state index is -4.54. The standard InChI is InChI=1S/C28H32F3N5OS/c1-27(8-5-9-27)32-15-19-12-22-23(24(13-19)28(29,30)31)16-36(26(22)37)20-7-4-6-18(10-20)11-21(38-3)14-25-34-33-17-35(25)2/h4,6-7,10,12-13,17,21,32H,5,8-9,11,14-16H2,1-3H3/t21-/m0/s1. The molecule has 1 aliphatic heterocycles. The first kappa shape index (κ1) is 26.7. The normalized spacial score (nSPS) is 17.4. The molecular formula is C28H32F3N5OS. The lowest BCUT2D eigenvalue weighted by Crippen LogP contribution is -2.47. The summed E-state index contributed by atoms with van der Waals surface area (Å²) in [6, 6.07) is 10.4. The van der Waals surface area contributed by atoms with Gasteiger partial charge in [-0.05, 0) is 79.8 Å². The molecule has 10 heteroatoms. The number of rotatable bonds is 9. The number of nitrogens with zero attached hydrogens (tertiary/aromatic N) is 4. The van der Waals surface area contributed by atoms with Gasteiger partial charge in [0.2, 0.25) is 0 Å². The van der Waals surface area contributed by atoms with E-state index in [1.54, 1.807) is 30.2 Å². The van der Waals surface area contributed by atoms with Crippen LogP contribution in [0.15, 0.2) is 42.7 Å². The van der Waals surface area contributed by atoms with Gasteiger partial charge in [-0.15, -0.1) is 10.2 Å². The quantitative estimate of drug-likeness (QED) is 0.384. The molecule has 1 saturated carbocycles. The molecule has 202 valence electrons. The van der Waals surface area contributed by atoms with E-state index in [0.717, 1.165) is 43.5 Å². The fourth-order valence-electron chi connectivity index (χ4n) is 5.28. The molecule has 2 heterocycles. The average molecular weight is 544 g/mol. The van der Waals surface area contributed by atoms with Crippen molar-refractivity contribution in [2.75, 3.05) is 11.2 Å². The number of amides is 1. The van der Waals surface area contributed by atoms with Crippen molar-refractivity contribution in [1.82, 2.24) is 20.1 Å². The smallest absolute Gasteiger partial charge is 0.321 e. The Morgan fingerprint density at radius 2 is 1.95 bits per heavy atom. The summed E-state index contributed by atoms with van der Waals surface area (Å²) in [5, 5.41) is 11.8. The summed E-state index contributed by atoms with van der Waals surface area (Å²) in [6.45, 7) is 2.29. The Morgan fingerprint density at radius 1 is 1.16 bits per heavy atom. The number of carbonyl (C=O) groups excluding carboxylic acids is 1. The van der Waals surface area contributed by atoms with Crippen molar-refractivity contribution in [3.63, 3.8) is 0 Å². The Morgan fingerprint density at radius 3 is 2.58 bits per heavy atom. The van der Waals surface area contributed by atoms with E-state index >= 15 is 0 Å². The first-order valence-electron chi connectivity index (χ1n) is 12.8. The van der Waals surface area contributed by atoms with Crippen LogP contribution in [0, 0.1) is 0 Å². The molecule has 1 fully saturated rings. The zero-order valence-electron chi connectivity index (χ0n) is 21.8. The van der Waals surface area contributed by atoms with Crippen LogP contribution in [0.25, 0.3) is 0 Å². The number of nitrogens with one attached hydrogen (secondary N) is 1. The summed E-state index contributed by atoms with van der Waals surface area (Å²) >= 11 is 1.73. The summed E-state index contributed by atoms with van der Waals surface area (Å²) in [5.41, 5.74) is 1.54. The number of aromatic nitrogens is 3. The number of fused-ring (bicyclic) bond motifs is 1. The highest BCUT2D eigenvalue weighted by Crippen LogP contribution is 2.40. The summed E-state index contributed by atoms with van der Waals surface area (Å²) in [5.74, 6) is 0.502. The molecule has 1 aliphatic carbocycles. The Kier molecular flexibility index (Phi) is 7.30. The van der Waals surface area contributed by atoms with Crippen molar-refractivity contribution >= 4 is 23.4 Å². The second-order valence-electron chi connectivity index (χ2n) is 10.6. The lowest BCUT2D eigenvalue weighted by Gasteiger charge is -2.39. The number of hydrogen-bond acceptors (Lipinski definition) is 5. The van der Waals surface area contributed by atoms with Crippen molar-refractivity contribution in [3.8, 4) is 0 Å². The zero-order valence-corrected chi connectivity index (χ0v) is 22.6. The van der Waals surface area contributed by atoms with Crippen molar-refractivity contribution < 1.29 is 18.0 Å². The SMILES string of the molecule is CS[C@@H](Cc1cccc(N2Cc3c(cc(CNC4(C)CCC4)cc3C(F)(F)F)C2=O)c1)Cc1nncn1C. The van der Waals surface area contributed by atoms with E-state index in [4.69, 9.17) is 0 Å². The maximum absolute atomic E-state index is 14.1. The summed E-state index contributed by atoms with van der Waals surface area (Å²) in [6.07, 6.45) is 3.78. The average Bonchev–Trinajstić information content (AvgIpc) is 3.42. The Bertz CT molecular complexity index is 1330. The molecule has 0 radical (unpaired) electrons. The second-order valence-corrected chi connectivity index (χ2v) is 11.8. The number of aryl methyl sites for hydroxylation is 1. The van der Waals surface area contributed by atoms with Gasteiger partial charge in [0, 0.05) is 42.1 Å². The minimum absolute atomic E-state index is 0.0463. The lowest BCUT2D eigenvalue weighted by atomic mass is 9.78. The minimum Gasteiger partial charge on any atom is -0.321 e. The van der Waals surface area contributed by atoms with Crippen molar-refractivity contribution in [2.24, 2.45) is 7.05 Å². The van der Waals surface area contributed by atoms with E-state index in [2.05, 4.69) is 22.4 Å². The number of thioether (sulfide) groups is 1. The highest BCUT2D eigenvalue weighted by Gasteiger charge is 2.41. The molecule has 1 atom stereocenters. The number of alkyl halides is 3. The monoisotopic (exact) mass is 543 g/mol. The molecule has 2 aliphatic rings. The first-order chi connectivity index (χ1) is 18.1. The topological polar surface area (TPSA) is 63.1 Å². The predicted octanol–water partition coefficient (Wildman–Crippen LogP) is 5.54. The van der Waals surface area contributed by atoms with Gasteiger partial charge in [0.15, 0.2) is 0 Å². The lowest BCUT2D eigenvalue weighted by molar-refractivity contribution is -0.138. The van der Waals surface area contributed by atoms with Crippen molar-refractivity contribution in [2.45, 2.75) is 69.1 Å². The molecule has 38 heavy (non-hydrogen) atoms. The van der Waals surface area contributed by atoms with Crippen LogP contribution in [-0.4, -0.2) is 37.7 Å². The number of halogens is 3.